The Morgan fingerprint density at radius 3 is 2.17 bits per heavy atom. The first kappa shape index (κ1) is 12.9. The molecule has 0 aliphatic heterocycles. The van der Waals surface area contributed by atoms with Crippen LogP contribution in [0.25, 0.3) is 0 Å². The Kier molecular flexibility index (Phi) is 3.90. The molecule has 0 radical (unpaired) electrons. The molecule has 0 aliphatic rings. The lowest BCUT2D eigenvalue weighted by molar-refractivity contribution is -0.137. The van der Waals surface area contributed by atoms with Crippen molar-refractivity contribution in [2.75, 3.05) is 0 Å². The molecule has 0 fully saturated rings. The summed E-state index contributed by atoms with van der Waals surface area (Å²) in [5, 5.41) is 10.1. The number of carbonyl (C=O) groups is 1. The van der Waals surface area contributed by atoms with Crippen molar-refractivity contribution >= 4 is 29.2 Å². The van der Waals surface area contributed by atoms with Gasteiger partial charge in [-0.25, -0.2) is 0 Å². The number of halogens is 2. The Bertz CT molecular complexity index is 567. The SMILES string of the molecule is O=C(O)[C@@H](c1ccccc1)c1ccc(Cl)c(Cl)c1. The summed E-state index contributed by atoms with van der Waals surface area (Å²) in [5.41, 5.74) is 1.33. The number of hydrogen-bond donors (Lipinski definition) is 1. The molecule has 92 valence electrons. The monoisotopic (exact) mass is 280 g/mol. The van der Waals surface area contributed by atoms with E-state index in [1.165, 1.54) is 0 Å². The highest BCUT2D eigenvalue weighted by molar-refractivity contribution is 6.42. The second kappa shape index (κ2) is 5.42. The number of aliphatic carboxylic acids is 1. The third kappa shape index (κ3) is 2.66. The van der Waals surface area contributed by atoms with Crippen LogP contribution in [0.1, 0.15) is 17.0 Å². The lowest BCUT2D eigenvalue weighted by Crippen LogP contribution is -2.12. The fourth-order valence-corrected chi connectivity index (χ4v) is 2.12. The summed E-state index contributed by atoms with van der Waals surface area (Å²) in [7, 11) is 0. The molecule has 0 amide bonds. The minimum atomic E-state index is -0.917. The van der Waals surface area contributed by atoms with Gasteiger partial charge in [-0.3, -0.25) is 4.79 Å². The van der Waals surface area contributed by atoms with Gasteiger partial charge in [-0.2, -0.15) is 0 Å². The highest BCUT2D eigenvalue weighted by Crippen LogP contribution is 2.30. The van der Waals surface area contributed by atoms with E-state index in [0.29, 0.717) is 21.2 Å². The standard InChI is InChI=1S/C14H10Cl2O2/c15-11-7-6-10(8-12(11)16)13(14(17)18)9-4-2-1-3-5-9/h1-8,13H,(H,17,18)/t13-/m0/s1. The van der Waals surface area contributed by atoms with E-state index in [4.69, 9.17) is 23.2 Å². The van der Waals surface area contributed by atoms with E-state index >= 15 is 0 Å². The first-order chi connectivity index (χ1) is 8.59. The Morgan fingerprint density at radius 1 is 0.944 bits per heavy atom. The van der Waals surface area contributed by atoms with Gasteiger partial charge in [-0.15, -0.1) is 0 Å². The molecular formula is C14H10Cl2O2. The summed E-state index contributed by atoms with van der Waals surface area (Å²) < 4.78 is 0. The van der Waals surface area contributed by atoms with Gasteiger partial charge in [0.25, 0.3) is 0 Å². The van der Waals surface area contributed by atoms with Crippen LogP contribution in [0, 0.1) is 0 Å². The molecule has 4 heteroatoms. The molecular weight excluding hydrogens is 271 g/mol. The van der Waals surface area contributed by atoms with E-state index in [9.17, 15) is 9.90 Å². The van der Waals surface area contributed by atoms with Crippen molar-refractivity contribution in [1.29, 1.82) is 0 Å². The van der Waals surface area contributed by atoms with Crippen LogP contribution in [0.3, 0.4) is 0 Å². The lowest BCUT2D eigenvalue weighted by Gasteiger charge is -2.13. The molecule has 0 saturated carbocycles. The van der Waals surface area contributed by atoms with E-state index in [1.54, 1.807) is 30.3 Å². The van der Waals surface area contributed by atoms with Gasteiger partial charge in [0, 0.05) is 0 Å². The van der Waals surface area contributed by atoms with Crippen LogP contribution in [-0.4, -0.2) is 11.1 Å². The number of carboxylic acids is 1. The Labute approximate surface area is 115 Å². The van der Waals surface area contributed by atoms with Crippen molar-refractivity contribution in [2.45, 2.75) is 5.92 Å². The molecule has 18 heavy (non-hydrogen) atoms. The first-order valence-corrected chi connectivity index (χ1v) is 6.08. The predicted molar refractivity (Wildman–Crippen MR) is 72.4 cm³/mol. The molecule has 0 saturated heterocycles. The fourth-order valence-electron chi connectivity index (χ4n) is 1.82. The minimum absolute atomic E-state index is 0.358. The summed E-state index contributed by atoms with van der Waals surface area (Å²) in [5.74, 6) is -1.65. The van der Waals surface area contributed by atoms with Crippen molar-refractivity contribution in [2.24, 2.45) is 0 Å². The molecule has 2 nitrogen and oxygen atoms in total. The molecule has 2 aromatic carbocycles. The van der Waals surface area contributed by atoms with Gasteiger partial charge in [0.05, 0.1) is 10.0 Å². The molecule has 1 N–H and O–H groups in total. The number of carboxylic acid groups (broad SMARTS) is 1. The Morgan fingerprint density at radius 2 is 1.61 bits per heavy atom. The predicted octanol–water partition coefficient (Wildman–Crippen LogP) is 4.21. The third-order valence-corrected chi connectivity index (χ3v) is 3.40. The zero-order valence-corrected chi connectivity index (χ0v) is 10.8. The van der Waals surface area contributed by atoms with Gasteiger partial charge >= 0.3 is 5.97 Å². The van der Waals surface area contributed by atoms with Gasteiger partial charge in [0.1, 0.15) is 5.92 Å². The zero-order valence-electron chi connectivity index (χ0n) is 9.31. The number of hydrogen-bond acceptors (Lipinski definition) is 1. The van der Waals surface area contributed by atoms with Gasteiger partial charge < -0.3 is 5.11 Å². The summed E-state index contributed by atoms with van der Waals surface area (Å²) in [6.07, 6.45) is 0. The number of rotatable bonds is 3. The minimum Gasteiger partial charge on any atom is -0.481 e. The molecule has 0 heterocycles. The quantitative estimate of drug-likeness (QED) is 0.915. The van der Waals surface area contributed by atoms with Crippen LogP contribution >= 0.6 is 23.2 Å². The summed E-state index contributed by atoms with van der Waals surface area (Å²) >= 11 is 11.8. The van der Waals surface area contributed by atoms with Crippen molar-refractivity contribution in [3.8, 4) is 0 Å². The summed E-state index contributed by atoms with van der Waals surface area (Å²) in [4.78, 5) is 11.4. The molecule has 0 aliphatic carbocycles. The molecule has 2 aromatic rings. The molecule has 1 atom stereocenters. The maximum atomic E-state index is 11.4. The highest BCUT2D eigenvalue weighted by Gasteiger charge is 2.22. The van der Waals surface area contributed by atoms with Gasteiger partial charge in [0.2, 0.25) is 0 Å². The molecule has 0 spiro atoms. The average Bonchev–Trinajstić information content (AvgIpc) is 2.35. The molecule has 0 bridgehead atoms. The van der Waals surface area contributed by atoms with Gasteiger partial charge in [-0.1, -0.05) is 59.6 Å². The van der Waals surface area contributed by atoms with E-state index in [2.05, 4.69) is 0 Å². The lowest BCUT2D eigenvalue weighted by atomic mass is 9.91. The molecule has 0 aromatic heterocycles. The van der Waals surface area contributed by atoms with Gasteiger partial charge in [-0.05, 0) is 23.3 Å². The fraction of sp³-hybridized carbons (Fsp3) is 0.0714. The van der Waals surface area contributed by atoms with E-state index in [-0.39, 0.29) is 0 Å². The first-order valence-electron chi connectivity index (χ1n) is 5.32. The average molecular weight is 281 g/mol. The largest absolute Gasteiger partial charge is 0.481 e. The second-order valence-electron chi connectivity index (χ2n) is 3.86. The van der Waals surface area contributed by atoms with Crippen LogP contribution in [0.4, 0.5) is 0 Å². The van der Waals surface area contributed by atoms with Crippen molar-refractivity contribution < 1.29 is 9.90 Å². The Hall–Kier alpha value is -1.51. The van der Waals surface area contributed by atoms with Crippen molar-refractivity contribution in [1.82, 2.24) is 0 Å². The molecule has 0 unspecified atom stereocenters. The topological polar surface area (TPSA) is 37.3 Å². The highest BCUT2D eigenvalue weighted by atomic mass is 35.5. The van der Waals surface area contributed by atoms with Crippen LogP contribution in [0.5, 0.6) is 0 Å². The van der Waals surface area contributed by atoms with Crippen LogP contribution in [-0.2, 0) is 4.79 Å². The summed E-state index contributed by atoms with van der Waals surface area (Å²) in [6, 6.07) is 13.9. The van der Waals surface area contributed by atoms with Crippen molar-refractivity contribution in [3.05, 3.63) is 69.7 Å². The van der Waals surface area contributed by atoms with Crippen LogP contribution < -0.4 is 0 Å². The van der Waals surface area contributed by atoms with E-state index < -0.39 is 11.9 Å². The van der Waals surface area contributed by atoms with Crippen LogP contribution in [0.15, 0.2) is 48.5 Å². The zero-order chi connectivity index (χ0) is 13.1. The van der Waals surface area contributed by atoms with E-state index in [1.807, 2.05) is 18.2 Å². The molecule has 2 rings (SSSR count). The number of benzene rings is 2. The second-order valence-corrected chi connectivity index (χ2v) is 4.67. The maximum absolute atomic E-state index is 11.4. The smallest absolute Gasteiger partial charge is 0.315 e. The maximum Gasteiger partial charge on any atom is 0.315 e. The summed E-state index contributed by atoms with van der Waals surface area (Å²) in [6.45, 7) is 0. The van der Waals surface area contributed by atoms with Crippen LogP contribution in [0.2, 0.25) is 10.0 Å². The Balaban J connectivity index is 2.49. The van der Waals surface area contributed by atoms with Crippen molar-refractivity contribution in [3.63, 3.8) is 0 Å². The third-order valence-electron chi connectivity index (χ3n) is 2.66. The van der Waals surface area contributed by atoms with Gasteiger partial charge in [0.15, 0.2) is 0 Å². The normalized spacial score (nSPS) is 12.1. The van der Waals surface area contributed by atoms with E-state index in [0.717, 1.165) is 0 Å².